The normalized spacial score (nSPS) is 16.5. The number of rotatable bonds is 5. The van der Waals surface area contributed by atoms with Crippen LogP contribution in [0.3, 0.4) is 0 Å². The predicted octanol–water partition coefficient (Wildman–Crippen LogP) is -0.0872. The van der Waals surface area contributed by atoms with E-state index in [1.54, 1.807) is 14.2 Å². The highest BCUT2D eigenvalue weighted by atomic mass is 28.4. The lowest BCUT2D eigenvalue weighted by Crippen LogP contribution is -2.39. The summed E-state index contributed by atoms with van der Waals surface area (Å²) in [5.41, 5.74) is 0. The van der Waals surface area contributed by atoms with Crippen LogP contribution in [0.25, 0.3) is 0 Å². The minimum atomic E-state index is -1.88. The largest absolute Gasteiger partial charge is 0.398 e. The van der Waals surface area contributed by atoms with E-state index in [4.69, 9.17) is 14.0 Å². The maximum Gasteiger partial charge on any atom is 0.334 e. The van der Waals surface area contributed by atoms with Gasteiger partial charge in [0.1, 0.15) is 0 Å². The van der Waals surface area contributed by atoms with E-state index in [1.165, 1.54) is 0 Å². The van der Waals surface area contributed by atoms with Crippen molar-refractivity contribution < 1.29 is 14.0 Å². The Labute approximate surface area is 99.8 Å². The second-order valence-electron chi connectivity index (χ2n) is 3.87. The van der Waals surface area contributed by atoms with E-state index in [9.17, 15) is 0 Å². The van der Waals surface area contributed by atoms with Crippen molar-refractivity contribution in [3.8, 4) is 0 Å². The molecule has 0 aromatic carbocycles. The van der Waals surface area contributed by atoms with E-state index < -0.39 is 8.56 Å². The molecule has 1 heterocycles. The van der Waals surface area contributed by atoms with Crippen LogP contribution >= 0.6 is 0 Å². The molecule has 0 bridgehead atoms. The van der Waals surface area contributed by atoms with Crippen LogP contribution in [0.1, 0.15) is 6.42 Å². The Morgan fingerprint density at radius 2 is 1.50 bits per heavy atom. The van der Waals surface area contributed by atoms with Crippen LogP contribution in [-0.4, -0.2) is 60.7 Å². The molecule has 5 nitrogen and oxygen atoms in total. The third-order valence-electron chi connectivity index (χ3n) is 2.61. The standard InChI is InChI=1S/C6H16O3Si.C4H10N2/c1-8-10(3,9-2)6-4-5-7;1-2-6-4-3-5-1/h7H,4-6H2,1-3H3;5-6H,1-4H2. The van der Waals surface area contributed by atoms with Gasteiger partial charge in [0.2, 0.25) is 0 Å². The molecule has 0 saturated carbocycles. The van der Waals surface area contributed by atoms with Crippen molar-refractivity contribution in [2.24, 2.45) is 0 Å². The number of hydrogen-bond donors (Lipinski definition) is 3. The first kappa shape index (κ1) is 16.0. The molecule has 6 heteroatoms. The lowest BCUT2D eigenvalue weighted by atomic mass is 10.4. The summed E-state index contributed by atoms with van der Waals surface area (Å²) >= 11 is 0. The summed E-state index contributed by atoms with van der Waals surface area (Å²) in [6, 6.07) is 0.858. The van der Waals surface area contributed by atoms with Crippen molar-refractivity contribution in [2.75, 3.05) is 47.0 Å². The smallest absolute Gasteiger partial charge is 0.334 e. The monoisotopic (exact) mass is 250 g/mol. The van der Waals surface area contributed by atoms with Crippen molar-refractivity contribution in [3.63, 3.8) is 0 Å². The molecule has 1 saturated heterocycles. The van der Waals surface area contributed by atoms with Gasteiger partial charge in [-0.2, -0.15) is 0 Å². The van der Waals surface area contributed by atoms with Gasteiger partial charge < -0.3 is 24.6 Å². The minimum absolute atomic E-state index is 0.218. The highest BCUT2D eigenvalue weighted by Gasteiger charge is 2.27. The number of piperazine rings is 1. The molecule has 3 N–H and O–H groups in total. The zero-order chi connectivity index (χ0) is 12.3. The lowest BCUT2D eigenvalue weighted by molar-refractivity contribution is 0.238. The summed E-state index contributed by atoms with van der Waals surface area (Å²) in [5.74, 6) is 0. The molecule has 1 aliphatic heterocycles. The SMILES string of the molecule is C1CNCCN1.CO[Si](C)(CCCO)OC. The molecule has 0 aliphatic carbocycles. The van der Waals surface area contributed by atoms with Gasteiger partial charge >= 0.3 is 8.56 Å². The molecule has 0 unspecified atom stereocenters. The highest BCUT2D eigenvalue weighted by molar-refractivity contribution is 6.65. The summed E-state index contributed by atoms with van der Waals surface area (Å²) in [6.45, 7) is 6.76. The Morgan fingerprint density at radius 1 is 1.06 bits per heavy atom. The molecular formula is C10H26N2O3Si. The van der Waals surface area contributed by atoms with Crippen LogP contribution in [0, 0.1) is 0 Å². The number of hydrogen-bond acceptors (Lipinski definition) is 5. The van der Waals surface area contributed by atoms with Crippen molar-refractivity contribution in [1.29, 1.82) is 0 Å². The van der Waals surface area contributed by atoms with Crippen LogP contribution in [0.2, 0.25) is 12.6 Å². The first-order chi connectivity index (χ1) is 7.68. The van der Waals surface area contributed by atoms with E-state index >= 15 is 0 Å². The second kappa shape index (κ2) is 10.2. The average Bonchev–Trinajstić information content (AvgIpc) is 2.39. The zero-order valence-corrected chi connectivity index (χ0v) is 11.7. The molecule has 1 fully saturated rings. The fourth-order valence-corrected chi connectivity index (χ4v) is 2.67. The predicted molar refractivity (Wildman–Crippen MR) is 67.9 cm³/mol. The molecular weight excluding hydrogens is 224 g/mol. The fourth-order valence-electron chi connectivity index (χ4n) is 1.29. The topological polar surface area (TPSA) is 62.8 Å². The maximum absolute atomic E-state index is 8.53. The maximum atomic E-state index is 8.53. The van der Waals surface area contributed by atoms with Crippen LogP contribution in [0.15, 0.2) is 0 Å². The second-order valence-corrected chi connectivity index (χ2v) is 7.45. The first-order valence-corrected chi connectivity index (χ1v) is 8.33. The summed E-state index contributed by atoms with van der Waals surface area (Å²) in [7, 11) is 1.44. The Hall–Kier alpha value is 0.0169. The molecule has 1 aliphatic rings. The quantitative estimate of drug-likeness (QED) is 0.596. The molecule has 16 heavy (non-hydrogen) atoms. The Morgan fingerprint density at radius 3 is 1.75 bits per heavy atom. The molecule has 98 valence electrons. The first-order valence-electron chi connectivity index (χ1n) is 5.81. The molecule has 0 aromatic rings. The lowest BCUT2D eigenvalue weighted by Gasteiger charge is -2.21. The van der Waals surface area contributed by atoms with Gasteiger partial charge in [0.05, 0.1) is 0 Å². The highest BCUT2D eigenvalue weighted by Crippen LogP contribution is 2.12. The van der Waals surface area contributed by atoms with Gasteiger partial charge in [0.15, 0.2) is 0 Å². The number of nitrogens with one attached hydrogen (secondary N) is 2. The van der Waals surface area contributed by atoms with Gasteiger partial charge in [-0.15, -0.1) is 0 Å². The van der Waals surface area contributed by atoms with E-state index in [-0.39, 0.29) is 6.61 Å². The van der Waals surface area contributed by atoms with Gasteiger partial charge in [-0.25, -0.2) is 0 Å². The van der Waals surface area contributed by atoms with Crippen LogP contribution in [-0.2, 0) is 8.85 Å². The van der Waals surface area contributed by atoms with Crippen LogP contribution in [0.5, 0.6) is 0 Å². The molecule has 0 aromatic heterocycles. The van der Waals surface area contributed by atoms with Crippen molar-refractivity contribution in [3.05, 3.63) is 0 Å². The fraction of sp³-hybridized carbons (Fsp3) is 1.00. The molecule has 0 radical (unpaired) electrons. The van der Waals surface area contributed by atoms with Gasteiger partial charge in [0, 0.05) is 47.0 Å². The average molecular weight is 250 g/mol. The van der Waals surface area contributed by atoms with Crippen LogP contribution in [0.4, 0.5) is 0 Å². The van der Waals surface area contributed by atoms with Crippen molar-refractivity contribution >= 4 is 8.56 Å². The molecule has 0 amide bonds. The molecule has 0 spiro atoms. The Bertz CT molecular complexity index is 141. The van der Waals surface area contributed by atoms with Gasteiger partial charge in [-0.05, 0) is 19.0 Å². The third-order valence-corrected chi connectivity index (χ3v) is 5.60. The minimum Gasteiger partial charge on any atom is -0.398 e. The van der Waals surface area contributed by atoms with E-state index in [1.807, 2.05) is 6.55 Å². The van der Waals surface area contributed by atoms with E-state index in [2.05, 4.69) is 10.6 Å². The number of aliphatic hydroxyl groups excluding tert-OH is 1. The third kappa shape index (κ3) is 8.20. The van der Waals surface area contributed by atoms with Gasteiger partial charge in [-0.3, -0.25) is 0 Å². The molecule has 0 atom stereocenters. The van der Waals surface area contributed by atoms with Gasteiger partial charge in [0.25, 0.3) is 0 Å². The Kier molecular flexibility index (Phi) is 10.2. The summed E-state index contributed by atoms with van der Waals surface area (Å²) in [5, 5.41) is 15.0. The van der Waals surface area contributed by atoms with Crippen molar-refractivity contribution in [2.45, 2.75) is 19.0 Å². The molecule has 1 rings (SSSR count). The summed E-state index contributed by atoms with van der Waals surface area (Å²) < 4.78 is 10.4. The van der Waals surface area contributed by atoms with Crippen molar-refractivity contribution in [1.82, 2.24) is 10.6 Å². The number of aliphatic hydroxyl groups is 1. The van der Waals surface area contributed by atoms with Crippen LogP contribution < -0.4 is 10.6 Å². The zero-order valence-electron chi connectivity index (χ0n) is 10.7. The van der Waals surface area contributed by atoms with E-state index in [0.717, 1.165) is 38.6 Å². The Balaban J connectivity index is 0.000000315. The summed E-state index contributed by atoms with van der Waals surface area (Å²) in [6.07, 6.45) is 0.768. The van der Waals surface area contributed by atoms with E-state index in [0.29, 0.717) is 0 Å². The summed E-state index contributed by atoms with van der Waals surface area (Å²) in [4.78, 5) is 0. The van der Waals surface area contributed by atoms with Gasteiger partial charge in [-0.1, -0.05) is 0 Å².